The molecule has 0 aliphatic carbocycles. The Hall–Kier alpha value is -3.38. The molecular weight excluding hydrogens is 412 g/mol. The number of amides is 1. The van der Waals surface area contributed by atoms with Crippen LogP contribution in [0.4, 0.5) is 0 Å². The average molecular weight is 447 g/mol. The minimum atomic E-state index is -0.130. The van der Waals surface area contributed by atoms with Crippen LogP contribution in [0.5, 0.6) is 5.75 Å². The van der Waals surface area contributed by atoms with Gasteiger partial charge >= 0.3 is 0 Å². The Morgan fingerprint density at radius 2 is 1.88 bits per heavy atom. The quantitative estimate of drug-likeness (QED) is 0.498. The fourth-order valence-electron chi connectivity index (χ4n) is 3.83. The van der Waals surface area contributed by atoms with Crippen molar-refractivity contribution in [1.29, 1.82) is 0 Å². The Bertz CT molecular complexity index is 1110. The summed E-state index contributed by atoms with van der Waals surface area (Å²) in [5, 5.41) is 7.70. The van der Waals surface area contributed by atoms with Crippen molar-refractivity contribution in [3.63, 3.8) is 0 Å². The van der Waals surface area contributed by atoms with Gasteiger partial charge in [0.15, 0.2) is 0 Å². The average Bonchev–Trinajstić information content (AvgIpc) is 3.06. The summed E-state index contributed by atoms with van der Waals surface area (Å²) in [5.74, 6) is 0.675. The summed E-state index contributed by atoms with van der Waals surface area (Å²) in [6, 6.07) is 16.4. The van der Waals surface area contributed by atoms with Crippen LogP contribution >= 0.6 is 0 Å². The second-order valence-electron chi connectivity index (χ2n) is 8.56. The molecule has 2 aromatic carbocycles. The van der Waals surface area contributed by atoms with Gasteiger partial charge in [0.2, 0.25) is 5.91 Å². The van der Waals surface area contributed by atoms with E-state index in [1.54, 1.807) is 13.2 Å². The van der Waals surface area contributed by atoms with Crippen LogP contribution in [0.15, 0.2) is 54.6 Å². The summed E-state index contributed by atoms with van der Waals surface area (Å²) < 4.78 is 7.33. The maximum absolute atomic E-state index is 12.6. The molecule has 1 heterocycles. The van der Waals surface area contributed by atoms with Crippen LogP contribution in [0.3, 0.4) is 0 Å². The first-order chi connectivity index (χ1) is 15.8. The van der Waals surface area contributed by atoms with Crippen molar-refractivity contribution in [2.24, 2.45) is 0 Å². The molecule has 1 amide bonds. The summed E-state index contributed by atoms with van der Waals surface area (Å²) in [7, 11) is 5.66. The molecule has 0 spiro atoms. The summed E-state index contributed by atoms with van der Waals surface area (Å²) in [6.45, 7) is 7.29. The molecule has 3 rings (SSSR count). The molecule has 1 unspecified atom stereocenters. The van der Waals surface area contributed by atoms with E-state index in [-0.39, 0.29) is 11.9 Å². The number of likely N-dealkylation sites (N-methyl/N-ethyl adjacent to an activating group) is 1. The lowest BCUT2D eigenvalue weighted by atomic mass is 10.1. The van der Waals surface area contributed by atoms with Crippen LogP contribution in [0.2, 0.25) is 0 Å². The second kappa shape index (κ2) is 11.0. The first-order valence-electron chi connectivity index (χ1n) is 11.1. The topological polar surface area (TPSA) is 59.4 Å². The smallest absolute Gasteiger partial charge is 0.244 e. The third-order valence-electron chi connectivity index (χ3n) is 5.86. The molecule has 0 bridgehead atoms. The number of aryl methyl sites for hydroxylation is 2. The second-order valence-corrected chi connectivity index (χ2v) is 8.56. The summed E-state index contributed by atoms with van der Waals surface area (Å²) >= 11 is 0. The Kier molecular flexibility index (Phi) is 8.06. The van der Waals surface area contributed by atoms with Gasteiger partial charge < -0.3 is 15.0 Å². The van der Waals surface area contributed by atoms with E-state index >= 15 is 0 Å². The molecule has 1 aromatic heterocycles. The molecule has 0 saturated carbocycles. The molecule has 0 saturated heterocycles. The molecule has 6 heteroatoms. The maximum atomic E-state index is 12.6. The van der Waals surface area contributed by atoms with E-state index in [2.05, 4.69) is 46.5 Å². The minimum absolute atomic E-state index is 0.0400. The summed E-state index contributed by atoms with van der Waals surface area (Å²) in [5.41, 5.74) is 6.46. The monoisotopic (exact) mass is 446 g/mol. The van der Waals surface area contributed by atoms with Crippen molar-refractivity contribution in [1.82, 2.24) is 20.0 Å². The molecule has 1 N–H and O–H groups in total. The zero-order chi connectivity index (χ0) is 24.0. The number of ether oxygens (including phenoxy) is 1. The van der Waals surface area contributed by atoms with Crippen LogP contribution in [-0.2, 0) is 11.3 Å². The molecule has 0 fully saturated rings. The highest BCUT2D eigenvalue weighted by molar-refractivity contribution is 5.92. The molecular formula is C27H34N4O2. The van der Waals surface area contributed by atoms with Gasteiger partial charge in [-0.05, 0) is 64.2 Å². The highest BCUT2D eigenvalue weighted by Crippen LogP contribution is 2.22. The lowest BCUT2D eigenvalue weighted by molar-refractivity contribution is -0.116. The number of carbonyl (C=O) groups is 1. The Balaban J connectivity index is 1.66. The molecule has 174 valence electrons. The van der Waals surface area contributed by atoms with Gasteiger partial charge in [-0.1, -0.05) is 42.0 Å². The van der Waals surface area contributed by atoms with Crippen LogP contribution < -0.4 is 10.1 Å². The van der Waals surface area contributed by atoms with Gasteiger partial charge in [0.1, 0.15) is 5.75 Å². The zero-order valence-electron chi connectivity index (χ0n) is 20.4. The number of rotatable bonds is 9. The highest BCUT2D eigenvalue weighted by Gasteiger charge is 2.16. The lowest BCUT2D eigenvalue weighted by Gasteiger charge is -2.25. The van der Waals surface area contributed by atoms with Gasteiger partial charge in [-0.2, -0.15) is 5.10 Å². The van der Waals surface area contributed by atoms with E-state index in [9.17, 15) is 4.79 Å². The largest absolute Gasteiger partial charge is 0.497 e. The van der Waals surface area contributed by atoms with Crippen molar-refractivity contribution in [2.45, 2.75) is 33.4 Å². The molecule has 3 aromatic rings. The Morgan fingerprint density at radius 3 is 2.55 bits per heavy atom. The number of hydrogen-bond donors (Lipinski definition) is 1. The van der Waals surface area contributed by atoms with Crippen molar-refractivity contribution >= 4 is 12.0 Å². The third-order valence-corrected chi connectivity index (χ3v) is 5.86. The number of methoxy groups -OCH3 is 1. The van der Waals surface area contributed by atoms with E-state index < -0.39 is 0 Å². The van der Waals surface area contributed by atoms with Crippen molar-refractivity contribution in [3.8, 4) is 5.75 Å². The fraction of sp³-hybridized carbons (Fsp3) is 0.333. The molecule has 6 nitrogen and oxygen atoms in total. The van der Waals surface area contributed by atoms with E-state index in [0.717, 1.165) is 28.3 Å². The SMILES string of the molecule is COc1cccc(C(CNC(=O)/C=C/c2c(C)nn(Cc3ccc(C)cc3)c2C)N(C)C)c1. The minimum Gasteiger partial charge on any atom is -0.497 e. The number of benzene rings is 2. The third kappa shape index (κ3) is 6.33. The first-order valence-corrected chi connectivity index (χ1v) is 11.1. The van der Waals surface area contributed by atoms with E-state index in [4.69, 9.17) is 4.74 Å². The van der Waals surface area contributed by atoms with Crippen LogP contribution in [0.1, 0.15) is 39.7 Å². The zero-order valence-corrected chi connectivity index (χ0v) is 20.4. The molecule has 1 atom stereocenters. The summed E-state index contributed by atoms with van der Waals surface area (Å²) in [6.07, 6.45) is 3.44. The predicted octanol–water partition coefficient (Wildman–Crippen LogP) is 4.30. The Morgan fingerprint density at radius 1 is 1.15 bits per heavy atom. The van der Waals surface area contributed by atoms with Crippen LogP contribution in [-0.4, -0.2) is 48.3 Å². The standard InChI is InChI=1S/C27H34N4O2/c1-19-10-12-22(13-11-19)18-31-21(3)25(20(2)29-31)14-15-27(32)28-17-26(30(4)5)23-8-7-9-24(16-23)33-6/h7-16,26H,17-18H2,1-6H3,(H,28,32)/b15-14+. The van der Waals surface area contributed by atoms with Gasteiger partial charge in [0, 0.05) is 23.9 Å². The van der Waals surface area contributed by atoms with Crippen molar-refractivity contribution in [3.05, 3.63) is 88.2 Å². The van der Waals surface area contributed by atoms with Crippen molar-refractivity contribution in [2.75, 3.05) is 27.7 Å². The van der Waals surface area contributed by atoms with Gasteiger partial charge in [-0.3, -0.25) is 9.48 Å². The predicted molar refractivity (Wildman–Crippen MR) is 133 cm³/mol. The number of hydrogen-bond acceptors (Lipinski definition) is 4. The molecule has 33 heavy (non-hydrogen) atoms. The van der Waals surface area contributed by atoms with Crippen LogP contribution in [0, 0.1) is 20.8 Å². The highest BCUT2D eigenvalue weighted by atomic mass is 16.5. The van der Waals surface area contributed by atoms with Gasteiger partial charge in [-0.15, -0.1) is 0 Å². The van der Waals surface area contributed by atoms with Gasteiger partial charge in [0.05, 0.1) is 25.4 Å². The number of nitrogens with zero attached hydrogens (tertiary/aromatic N) is 3. The van der Waals surface area contributed by atoms with E-state index in [1.807, 2.05) is 63.0 Å². The number of nitrogens with one attached hydrogen (secondary N) is 1. The molecule has 0 radical (unpaired) electrons. The summed E-state index contributed by atoms with van der Waals surface area (Å²) in [4.78, 5) is 14.7. The van der Waals surface area contributed by atoms with Crippen LogP contribution in [0.25, 0.3) is 6.08 Å². The number of carbonyl (C=O) groups excluding carboxylic acids is 1. The normalized spacial score (nSPS) is 12.3. The van der Waals surface area contributed by atoms with E-state index in [0.29, 0.717) is 13.1 Å². The van der Waals surface area contributed by atoms with E-state index in [1.165, 1.54) is 11.1 Å². The number of aromatic nitrogens is 2. The Labute approximate surface area is 196 Å². The molecule has 0 aliphatic heterocycles. The first kappa shape index (κ1) is 24.3. The van der Waals surface area contributed by atoms with Gasteiger partial charge in [0.25, 0.3) is 0 Å². The van der Waals surface area contributed by atoms with Crippen molar-refractivity contribution < 1.29 is 9.53 Å². The fourth-order valence-corrected chi connectivity index (χ4v) is 3.83. The maximum Gasteiger partial charge on any atom is 0.244 e. The lowest BCUT2D eigenvalue weighted by Crippen LogP contribution is -2.33. The molecule has 0 aliphatic rings. The van der Waals surface area contributed by atoms with Gasteiger partial charge in [-0.25, -0.2) is 0 Å².